The summed E-state index contributed by atoms with van der Waals surface area (Å²) in [5.74, 6) is 0.770. The van der Waals surface area contributed by atoms with E-state index < -0.39 is 0 Å². The van der Waals surface area contributed by atoms with Crippen molar-refractivity contribution in [2.75, 3.05) is 33.9 Å². The number of methoxy groups -OCH3 is 1. The van der Waals surface area contributed by atoms with Crippen molar-refractivity contribution in [1.82, 2.24) is 4.90 Å². The van der Waals surface area contributed by atoms with Crippen LogP contribution in [0.2, 0.25) is 0 Å². The van der Waals surface area contributed by atoms with E-state index in [-0.39, 0.29) is 0 Å². The van der Waals surface area contributed by atoms with Gasteiger partial charge in [0.2, 0.25) is 0 Å². The molecule has 1 aliphatic rings. The minimum Gasteiger partial charge on any atom is -0.383 e. The second kappa shape index (κ2) is 6.32. The molecule has 2 rings (SSSR count). The molecule has 18 heavy (non-hydrogen) atoms. The topological polar surface area (TPSA) is 38.5 Å². The van der Waals surface area contributed by atoms with Crippen molar-refractivity contribution in [2.24, 2.45) is 5.73 Å². The smallest absolute Gasteiger partial charge is 0.0589 e. The summed E-state index contributed by atoms with van der Waals surface area (Å²) in [4.78, 5) is 2.30. The van der Waals surface area contributed by atoms with E-state index in [4.69, 9.17) is 10.5 Å². The van der Waals surface area contributed by atoms with Crippen LogP contribution in [-0.4, -0.2) is 38.8 Å². The number of hydrogen-bond donors (Lipinski definition) is 1. The first kappa shape index (κ1) is 13.5. The van der Waals surface area contributed by atoms with Crippen LogP contribution >= 0.6 is 0 Å². The second-order valence-electron chi connectivity index (χ2n) is 5.13. The largest absolute Gasteiger partial charge is 0.383 e. The third kappa shape index (κ3) is 3.10. The van der Waals surface area contributed by atoms with Crippen LogP contribution in [0.3, 0.4) is 0 Å². The summed E-state index contributed by atoms with van der Waals surface area (Å²) >= 11 is 0. The molecular weight excluding hydrogens is 224 g/mol. The van der Waals surface area contributed by atoms with Gasteiger partial charge in [0, 0.05) is 26.2 Å². The van der Waals surface area contributed by atoms with Gasteiger partial charge in [-0.25, -0.2) is 0 Å². The first-order valence-electron chi connectivity index (χ1n) is 6.76. The summed E-state index contributed by atoms with van der Waals surface area (Å²) in [6.45, 7) is 2.32. The summed E-state index contributed by atoms with van der Waals surface area (Å²) in [5.41, 5.74) is 8.89. The highest BCUT2D eigenvalue weighted by Crippen LogP contribution is 2.43. The molecule has 0 aromatic heterocycles. The van der Waals surface area contributed by atoms with Crippen molar-refractivity contribution >= 4 is 0 Å². The zero-order valence-electron chi connectivity index (χ0n) is 11.4. The van der Waals surface area contributed by atoms with E-state index in [0.717, 1.165) is 19.1 Å². The highest BCUT2D eigenvalue weighted by molar-refractivity contribution is 5.35. The second-order valence-corrected chi connectivity index (χ2v) is 5.13. The lowest BCUT2D eigenvalue weighted by Crippen LogP contribution is -2.33. The van der Waals surface area contributed by atoms with Crippen molar-refractivity contribution in [3.05, 3.63) is 35.4 Å². The van der Waals surface area contributed by atoms with E-state index in [1.807, 2.05) is 0 Å². The average Bonchev–Trinajstić information content (AvgIpc) is 3.22. The molecule has 0 aliphatic heterocycles. The molecule has 2 N–H and O–H groups in total. The molecule has 0 saturated heterocycles. The molecule has 1 atom stereocenters. The summed E-state index contributed by atoms with van der Waals surface area (Å²) in [7, 11) is 3.86. The Kier molecular flexibility index (Phi) is 4.75. The fraction of sp³-hybridized carbons (Fsp3) is 0.600. The van der Waals surface area contributed by atoms with Gasteiger partial charge in [0.15, 0.2) is 0 Å². The summed E-state index contributed by atoms with van der Waals surface area (Å²) < 4.78 is 5.15. The molecule has 1 aromatic rings. The van der Waals surface area contributed by atoms with Crippen LogP contribution in [0.5, 0.6) is 0 Å². The van der Waals surface area contributed by atoms with Gasteiger partial charge in [0.25, 0.3) is 0 Å². The van der Waals surface area contributed by atoms with Crippen LogP contribution in [0.4, 0.5) is 0 Å². The fourth-order valence-electron chi connectivity index (χ4n) is 2.52. The number of likely N-dealkylation sites (N-methyl/N-ethyl adjacent to an activating group) is 1. The zero-order chi connectivity index (χ0) is 13.0. The zero-order valence-corrected chi connectivity index (χ0v) is 11.4. The van der Waals surface area contributed by atoms with Gasteiger partial charge < -0.3 is 10.5 Å². The predicted molar refractivity (Wildman–Crippen MR) is 74.7 cm³/mol. The summed E-state index contributed by atoms with van der Waals surface area (Å²) in [6.07, 6.45) is 2.66. The van der Waals surface area contributed by atoms with E-state index in [1.165, 1.54) is 24.0 Å². The monoisotopic (exact) mass is 248 g/mol. The molecule has 0 heterocycles. The minimum absolute atomic E-state index is 0.303. The molecule has 3 heteroatoms. The third-order valence-corrected chi connectivity index (χ3v) is 3.78. The Morgan fingerprint density at radius 2 is 2.11 bits per heavy atom. The van der Waals surface area contributed by atoms with Crippen LogP contribution in [0.1, 0.15) is 35.9 Å². The highest BCUT2D eigenvalue weighted by Gasteiger charge is 2.28. The Morgan fingerprint density at radius 3 is 2.72 bits per heavy atom. The molecule has 1 aromatic carbocycles. The van der Waals surface area contributed by atoms with Crippen LogP contribution < -0.4 is 5.73 Å². The molecule has 1 unspecified atom stereocenters. The Morgan fingerprint density at radius 1 is 1.39 bits per heavy atom. The molecule has 100 valence electrons. The first-order valence-corrected chi connectivity index (χ1v) is 6.76. The normalized spacial score (nSPS) is 17.1. The number of benzene rings is 1. The first-order chi connectivity index (χ1) is 8.77. The maximum atomic E-state index is 5.98. The lowest BCUT2D eigenvalue weighted by Gasteiger charge is -2.29. The van der Waals surface area contributed by atoms with Gasteiger partial charge >= 0.3 is 0 Å². The molecule has 1 saturated carbocycles. The molecule has 0 spiro atoms. The van der Waals surface area contributed by atoms with E-state index in [2.05, 4.69) is 36.2 Å². The van der Waals surface area contributed by atoms with Crippen molar-refractivity contribution in [1.29, 1.82) is 0 Å². The summed E-state index contributed by atoms with van der Waals surface area (Å²) in [6, 6.07) is 9.05. The number of nitrogens with two attached hydrogens (primary N) is 1. The SMILES string of the molecule is COCCN(C)C(CN)c1ccccc1C1CC1. The van der Waals surface area contributed by atoms with E-state index >= 15 is 0 Å². The Hall–Kier alpha value is -0.900. The summed E-state index contributed by atoms with van der Waals surface area (Å²) in [5, 5.41) is 0. The standard InChI is InChI=1S/C15H24N2O/c1-17(9-10-18-2)15(11-16)14-6-4-3-5-13(14)12-7-8-12/h3-6,12,15H,7-11,16H2,1-2H3. The predicted octanol–water partition coefficient (Wildman–Crippen LogP) is 2.14. The van der Waals surface area contributed by atoms with Gasteiger partial charge in [-0.2, -0.15) is 0 Å². The van der Waals surface area contributed by atoms with Crippen molar-refractivity contribution in [2.45, 2.75) is 24.8 Å². The number of rotatable bonds is 7. The van der Waals surface area contributed by atoms with E-state index in [1.54, 1.807) is 7.11 Å². The van der Waals surface area contributed by atoms with E-state index in [9.17, 15) is 0 Å². The Balaban J connectivity index is 2.15. The highest BCUT2D eigenvalue weighted by atomic mass is 16.5. The van der Waals surface area contributed by atoms with Crippen LogP contribution in [0.15, 0.2) is 24.3 Å². The minimum atomic E-state index is 0.303. The van der Waals surface area contributed by atoms with Crippen LogP contribution in [0.25, 0.3) is 0 Å². The third-order valence-electron chi connectivity index (χ3n) is 3.78. The maximum absolute atomic E-state index is 5.98. The molecule has 0 radical (unpaired) electrons. The fourth-order valence-corrected chi connectivity index (χ4v) is 2.52. The molecular formula is C15H24N2O. The molecule has 0 amide bonds. The lowest BCUT2D eigenvalue weighted by molar-refractivity contribution is 0.140. The Labute approximate surface area is 110 Å². The molecule has 1 aliphatic carbocycles. The molecule has 3 nitrogen and oxygen atoms in total. The number of nitrogens with zero attached hydrogens (tertiary/aromatic N) is 1. The van der Waals surface area contributed by atoms with Gasteiger partial charge in [-0.15, -0.1) is 0 Å². The lowest BCUT2D eigenvalue weighted by atomic mass is 9.96. The van der Waals surface area contributed by atoms with Crippen molar-refractivity contribution in [3.8, 4) is 0 Å². The number of hydrogen-bond acceptors (Lipinski definition) is 3. The van der Waals surface area contributed by atoms with Gasteiger partial charge in [0.05, 0.1) is 6.61 Å². The average molecular weight is 248 g/mol. The van der Waals surface area contributed by atoms with E-state index in [0.29, 0.717) is 12.6 Å². The molecule has 0 bridgehead atoms. The molecule has 1 fully saturated rings. The van der Waals surface area contributed by atoms with Gasteiger partial charge in [-0.1, -0.05) is 24.3 Å². The Bertz CT molecular complexity index is 377. The van der Waals surface area contributed by atoms with Gasteiger partial charge in [-0.05, 0) is 36.9 Å². The van der Waals surface area contributed by atoms with Crippen molar-refractivity contribution in [3.63, 3.8) is 0 Å². The number of ether oxygens (including phenoxy) is 1. The quantitative estimate of drug-likeness (QED) is 0.803. The van der Waals surface area contributed by atoms with Gasteiger partial charge in [-0.3, -0.25) is 4.90 Å². The van der Waals surface area contributed by atoms with Gasteiger partial charge in [0.1, 0.15) is 0 Å². The van der Waals surface area contributed by atoms with Crippen LogP contribution in [-0.2, 0) is 4.74 Å². The van der Waals surface area contributed by atoms with Crippen LogP contribution in [0, 0.1) is 0 Å². The maximum Gasteiger partial charge on any atom is 0.0589 e. The van der Waals surface area contributed by atoms with Crippen molar-refractivity contribution < 1.29 is 4.74 Å².